The van der Waals surface area contributed by atoms with Gasteiger partial charge >= 0.3 is 0 Å². The van der Waals surface area contributed by atoms with E-state index in [-0.39, 0.29) is 5.41 Å². The smallest absolute Gasteiger partial charge is 0.0125 e. The van der Waals surface area contributed by atoms with E-state index >= 15 is 0 Å². The standard InChI is InChI=1S/C20H20/c1-20(2,3)19-14-17-12-8-7-11-16(17)13-18(19)15-9-5-4-6-10-15/h4-14H,1-3H3. The summed E-state index contributed by atoms with van der Waals surface area (Å²) < 4.78 is 0. The number of fused-ring (bicyclic) bond motifs is 1. The fraction of sp³-hybridized carbons (Fsp3) is 0.200. The lowest BCUT2D eigenvalue weighted by Crippen LogP contribution is -2.12. The van der Waals surface area contributed by atoms with Crippen molar-refractivity contribution in [3.8, 4) is 11.1 Å². The lowest BCUT2D eigenvalue weighted by Gasteiger charge is -2.24. The molecular weight excluding hydrogens is 240 g/mol. The van der Waals surface area contributed by atoms with Gasteiger partial charge in [-0.05, 0) is 38.9 Å². The van der Waals surface area contributed by atoms with Crippen molar-refractivity contribution in [2.75, 3.05) is 0 Å². The van der Waals surface area contributed by atoms with E-state index in [4.69, 9.17) is 0 Å². The highest BCUT2D eigenvalue weighted by Crippen LogP contribution is 2.36. The van der Waals surface area contributed by atoms with E-state index in [9.17, 15) is 0 Å². The summed E-state index contributed by atoms with van der Waals surface area (Å²) in [4.78, 5) is 0. The van der Waals surface area contributed by atoms with Crippen LogP contribution in [0.5, 0.6) is 0 Å². The number of benzene rings is 3. The molecule has 0 aliphatic carbocycles. The minimum absolute atomic E-state index is 0.134. The van der Waals surface area contributed by atoms with Gasteiger partial charge in [0, 0.05) is 0 Å². The van der Waals surface area contributed by atoms with Crippen LogP contribution in [0.3, 0.4) is 0 Å². The van der Waals surface area contributed by atoms with E-state index in [1.165, 1.54) is 27.5 Å². The van der Waals surface area contributed by atoms with Gasteiger partial charge in [0.25, 0.3) is 0 Å². The molecule has 0 nitrogen and oxygen atoms in total. The first-order chi connectivity index (χ1) is 9.55. The number of rotatable bonds is 1. The highest BCUT2D eigenvalue weighted by atomic mass is 14.2. The summed E-state index contributed by atoms with van der Waals surface area (Å²) in [7, 11) is 0. The van der Waals surface area contributed by atoms with Crippen LogP contribution in [-0.4, -0.2) is 0 Å². The Morgan fingerprint density at radius 3 is 1.80 bits per heavy atom. The van der Waals surface area contributed by atoms with Crippen molar-refractivity contribution in [1.29, 1.82) is 0 Å². The largest absolute Gasteiger partial charge is 0.0622 e. The Bertz CT molecular complexity index is 731. The van der Waals surface area contributed by atoms with E-state index in [0.29, 0.717) is 0 Å². The summed E-state index contributed by atoms with van der Waals surface area (Å²) in [5, 5.41) is 2.62. The zero-order valence-electron chi connectivity index (χ0n) is 12.4. The molecule has 0 atom stereocenters. The average Bonchev–Trinajstić information content (AvgIpc) is 2.46. The molecule has 20 heavy (non-hydrogen) atoms. The van der Waals surface area contributed by atoms with Gasteiger partial charge in [-0.1, -0.05) is 81.4 Å². The highest BCUT2D eigenvalue weighted by Gasteiger charge is 2.19. The summed E-state index contributed by atoms with van der Waals surface area (Å²) >= 11 is 0. The van der Waals surface area contributed by atoms with Crippen molar-refractivity contribution in [2.45, 2.75) is 26.2 Å². The van der Waals surface area contributed by atoms with Crippen molar-refractivity contribution < 1.29 is 0 Å². The van der Waals surface area contributed by atoms with Gasteiger partial charge in [0.1, 0.15) is 0 Å². The SMILES string of the molecule is CC(C)(C)c1cc2ccccc2cc1-c1ccccc1. The maximum Gasteiger partial charge on any atom is -0.0125 e. The number of hydrogen-bond donors (Lipinski definition) is 0. The predicted molar refractivity (Wildman–Crippen MR) is 88.1 cm³/mol. The van der Waals surface area contributed by atoms with E-state index in [1.54, 1.807) is 0 Å². The molecule has 3 rings (SSSR count). The van der Waals surface area contributed by atoms with Gasteiger partial charge in [-0.2, -0.15) is 0 Å². The molecule has 0 aromatic heterocycles. The predicted octanol–water partition coefficient (Wildman–Crippen LogP) is 5.80. The van der Waals surface area contributed by atoms with Gasteiger partial charge in [0.05, 0.1) is 0 Å². The Labute approximate surface area is 121 Å². The highest BCUT2D eigenvalue weighted by molar-refractivity contribution is 5.89. The molecule has 0 radical (unpaired) electrons. The lowest BCUT2D eigenvalue weighted by molar-refractivity contribution is 0.593. The molecule has 0 saturated carbocycles. The van der Waals surface area contributed by atoms with E-state index < -0.39 is 0 Å². The minimum Gasteiger partial charge on any atom is -0.0622 e. The molecule has 100 valence electrons. The van der Waals surface area contributed by atoms with Crippen molar-refractivity contribution in [3.05, 3.63) is 72.3 Å². The maximum atomic E-state index is 2.34. The van der Waals surface area contributed by atoms with Crippen LogP contribution < -0.4 is 0 Å². The fourth-order valence-corrected chi connectivity index (χ4v) is 2.72. The number of hydrogen-bond acceptors (Lipinski definition) is 0. The normalized spacial score (nSPS) is 11.8. The first-order valence-electron chi connectivity index (χ1n) is 7.14. The van der Waals surface area contributed by atoms with Crippen LogP contribution in [0.25, 0.3) is 21.9 Å². The zero-order valence-corrected chi connectivity index (χ0v) is 12.4. The molecule has 0 aliphatic rings. The Balaban J connectivity index is 2.33. The molecule has 0 saturated heterocycles. The second kappa shape index (κ2) is 4.79. The van der Waals surface area contributed by atoms with Crippen LogP contribution in [0.1, 0.15) is 26.3 Å². The average molecular weight is 260 g/mol. The Hall–Kier alpha value is -2.08. The topological polar surface area (TPSA) is 0 Å². The van der Waals surface area contributed by atoms with Crippen LogP contribution in [0, 0.1) is 0 Å². The van der Waals surface area contributed by atoms with Crippen LogP contribution in [0.2, 0.25) is 0 Å². The van der Waals surface area contributed by atoms with E-state index in [0.717, 1.165) is 0 Å². The molecule has 0 N–H and O–H groups in total. The first kappa shape index (κ1) is 12.9. The van der Waals surface area contributed by atoms with Crippen LogP contribution >= 0.6 is 0 Å². The Morgan fingerprint density at radius 2 is 1.20 bits per heavy atom. The van der Waals surface area contributed by atoms with E-state index in [2.05, 4.69) is 87.5 Å². The van der Waals surface area contributed by atoms with Gasteiger partial charge < -0.3 is 0 Å². The summed E-state index contributed by atoms with van der Waals surface area (Å²) in [5.41, 5.74) is 4.18. The summed E-state index contributed by atoms with van der Waals surface area (Å²) in [6.45, 7) is 6.84. The molecule has 0 heteroatoms. The Kier molecular flexibility index (Phi) is 3.10. The third-order valence-corrected chi connectivity index (χ3v) is 3.78. The Morgan fingerprint density at radius 1 is 0.650 bits per heavy atom. The molecule has 0 aliphatic heterocycles. The second-order valence-corrected chi connectivity index (χ2v) is 6.36. The summed E-state index contributed by atoms with van der Waals surface area (Å²) in [5.74, 6) is 0. The van der Waals surface area contributed by atoms with Crippen molar-refractivity contribution in [2.24, 2.45) is 0 Å². The van der Waals surface area contributed by atoms with Gasteiger partial charge in [-0.3, -0.25) is 0 Å². The zero-order chi connectivity index (χ0) is 14.2. The molecule has 0 spiro atoms. The molecule has 0 heterocycles. The third kappa shape index (κ3) is 2.34. The van der Waals surface area contributed by atoms with Gasteiger partial charge in [-0.25, -0.2) is 0 Å². The van der Waals surface area contributed by atoms with Gasteiger partial charge in [-0.15, -0.1) is 0 Å². The molecule has 3 aromatic carbocycles. The molecule has 3 aromatic rings. The second-order valence-electron chi connectivity index (χ2n) is 6.36. The molecular formula is C20H20. The lowest BCUT2D eigenvalue weighted by atomic mass is 9.80. The molecule has 0 bridgehead atoms. The van der Waals surface area contributed by atoms with E-state index in [1.807, 2.05) is 0 Å². The minimum atomic E-state index is 0.134. The monoisotopic (exact) mass is 260 g/mol. The van der Waals surface area contributed by atoms with Crippen molar-refractivity contribution in [3.63, 3.8) is 0 Å². The fourth-order valence-electron chi connectivity index (χ4n) is 2.72. The van der Waals surface area contributed by atoms with Gasteiger partial charge in [0.15, 0.2) is 0 Å². The van der Waals surface area contributed by atoms with Crippen LogP contribution in [0.15, 0.2) is 66.7 Å². The molecule has 0 unspecified atom stereocenters. The molecule has 0 fully saturated rings. The van der Waals surface area contributed by atoms with Crippen molar-refractivity contribution in [1.82, 2.24) is 0 Å². The first-order valence-corrected chi connectivity index (χ1v) is 7.14. The van der Waals surface area contributed by atoms with Crippen LogP contribution in [-0.2, 0) is 5.41 Å². The molecule has 0 amide bonds. The third-order valence-electron chi connectivity index (χ3n) is 3.78. The van der Waals surface area contributed by atoms with Crippen LogP contribution in [0.4, 0.5) is 0 Å². The summed E-state index contributed by atoms with van der Waals surface area (Å²) in [6, 6.07) is 23.9. The summed E-state index contributed by atoms with van der Waals surface area (Å²) in [6.07, 6.45) is 0. The van der Waals surface area contributed by atoms with Crippen molar-refractivity contribution >= 4 is 10.8 Å². The maximum absolute atomic E-state index is 2.34. The van der Waals surface area contributed by atoms with Gasteiger partial charge in [0.2, 0.25) is 0 Å². The quantitative estimate of drug-likeness (QED) is 0.518.